The number of carbonyl (C=O) groups is 1. The van der Waals surface area contributed by atoms with E-state index in [1.165, 1.54) is 0 Å². The number of benzene rings is 2. The van der Waals surface area contributed by atoms with Gasteiger partial charge in [-0.25, -0.2) is 18.0 Å². The number of amides is 1. The standard InChI is InChI=1S/C14H7BrF5NO2/c15-7-3-1-6(2-4-7)5-21-14(22)23-13-11(19)9(17)8(16)10(18)12(13)20/h1-4H,5H2,(H,21,22). The van der Waals surface area contributed by atoms with E-state index < -0.39 is 40.9 Å². The van der Waals surface area contributed by atoms with E-state index in [9.17, 15) is 26.7 Å². The van der Waals surface area contributed by atoms with Crippen molar-refractivity contribution in [2.24, 2.45) is 0 Å². The molecule has 1 amide bonds. The van der Waals surface area contributed by atoms with Crippen LogP contribution in [0.25, 0.3) is 0 Å². The third kappa shape index (κ3) is 3.79. The molecule has 1 N–H and O–H groups in total. The van der Waals surface area contributed by atoms with Gasteiger partial charge in [0.05, 0.1) is 0 Å². The van der Waals surface area contributed by atoms with Gasteiger partial charge in [-0.2, -0.15) is 8.78 Å². The SMILES string of the molecule is O=C(NCc1ccc(Br)cc1)Oc1c(F)c(F)c(F)c(F)c1F. The monoisotopic (exact) mass is 395 g/mol. The van der Waals surface area contributed by atoms with E-state index in [1.54, 1.807) is 24.3 Å². The lowest BCUT2D eigenvalue weighted by Gasteiger charge is -2.10. The van der Waals surface area contributed by atoms with Crippen molar-refractivity contribution in [3.8, 4) is 5.75 Å². The van der Waals surface area contributed by atoms with Crippen molar-refractivity contribution in [3.05, 3.63) is 63.4 Å². The summed E-state index contributed by atoms with van der Waals surface area (Å²) in [6.07, 6.45) is -1.36. The molecule has 3 nitrogen and oxygen atoms in total. The van der Waals surface area contributed by atoms with Crippen molar-refractivity contribution in [1.82, 2.24) is 5.32 Å². The number of hydrogen-bond acceptors (Lipinski definition) is 2. The topological polar surface area (TPSA) is 38.3 Å². The molecule has 2 rings (SSSR count). The molecule has 0 saturated carbocycles. The van der Waals surface area contributed by atoms with Crippen LogP contribution in [0, 0.1) is 29.1 Å². The van der Waals surface area contributed by atoms with E-state index in [4.69, 9.17) is 0 Å². The van der Waals surface area contributed by atoms with Gasteiger partial charge in [-0.05, 0) is 17.7 Å². The van der Waals surface area contributed by atoms with E-state index >= 15 is 0 Å². The van der Waals surface area contributed by atoms with Gasteiger partial charge in [0.2, 0.25) is 34.8 Å². The average Bonchev–Trinajstić information content (AvgIpc) is 2.54. The Morgan fingerprint density at radius 1 is 0.913 bits per heavy atom. The Morgan fingerprint density at radius 2 is 1.39 bits per heavy atom. The summed E-state index contributed by atoms with van der Waals surface area (Å²) < 4.78 is 70.4. The summed E-state index contributed by atoms with van der Waals surface area (Å²) in [5.74, 6) is -12.8. The van der Waals surface area contributed by atoms with Gasteiger partial charge in [0.25, 0.3) is 0 Å². The Bertz CT molecular complexity index is 723. The Morgan fingerprint density at radius 3 is 1.91 bits per heavy atom. The van der Waals surface area contributed by atoms with Crippen LogP contribution in [0.4, 0.5) is 26.7 Å². The van der Waals surface area contributed by atoms with Gasteiger partial charge in [0.15, 0.2) is 0 Å². The van der Waals surface area contributed by atoms with Crippen molar-refractivity contribution >= 4 is 22.0 Å². The van der Waals surface area contributed by atoms with Gasteiger partial charge >= 0.3 is 6.09 Å². The van der Waals surface area contributed by atoms with Crippen molar-refractivity contribution in [2.75, 3.05) is 0 Å². The maximum atomic E-state index is 13.3. The van der Waals surface area contributed by atoms with Crippen LogP contribution in [0.3, 0.4) is 0 Å². The molecule has 2 aromatic rings. The van der Waals surface area contributed by atoms with Crippen LogP contribution in [0.1, 0.15) is 5.56 Å². The highest BCUT2D eigenvalue weighted by Gasteiger charge is 2.28. The Balaban J connectivity index is 2.10. The smallest absolute Gasteiger partial charge is 0.404 e. The lowest BCUT2D eigenvalue weighted by Crippen LogP contribution is -2.27. The van der Waals surface area contributed by atoms with Crippen LogP contribution in [0.15, 0.2) is 28.7 Å². The van der Waals surface area contributed by atoms with Crippen molar-refractivity contribution in [3.63, 3.8) is 0 Å². The average molecular weight is 396 g/mol. The Hall–Kier alpha value is -2.16. The van der Waals surface area contributed by atoms with Crippen LogP contribution in [-0.2, 0) is 6.54 Å². The second kappa shape index (κ2) is 6.95. The molecule has 9 heteroatoms. The molecule has 2 aromatic carbocycles. The van der Waals surface area contributed by atoms with E-state index in [0.717, 1.165) is 4.47 Å². The molecular weight excluding hydrogens is 389 g/mol. The molecule has 0 radical (unpaired) electrons. The fourth-order valence-corrected chi connectivity index (χ4v) is 1.84. The number of halogens is 6. The summed E-state index contributed by atoms with van der Waals surface area (Å²) in [7, 11) is 0. The molecule has 0 unspecified atom stereocenters. The lowest BCUT2D eigenvalue weighted by atomic mass is 10.2. The zero-order chi connectivity index (χ0) is 17.1. The number of carbonyl (C=O) groups excluding carboxylic acids is 1. The quantitative estimate of drug-likeness (QED) is 0.474. The van der Waals surface area contributed by atoms with Gasteiger partial charge in [0.1, 0.15) is 0 Å². The first-order valence-electron chi connectivity index (χ1n) is 6.02. The highest BCUT2D eigenvalue weighted by atomic mass is 79.9. The lowest BCUT2D eigenvalue weighted by molar-refractivity contribution is 0.193. The van der Waals surface area contributed by atoms with Crippen LogP contribution >= 0.6 is 15.9 Å². The molecule has 0 saturated heterocycles. The molecular formula is C14H7BrF5NO2. The molecule has 0 bridgehead atoms. The van der Waals surface area contributed by atoms with Crippen molar-refractivity contribution in [2.45, 2.75) is 6.54 Å². The highest BCUT2D eigenvalue weighted by molar-refractivity contribution is 9.10. The predicted molar refractivity (Wildman–Crippen MR) is 73.2 cm³/mol. The first kappa shape index (κ1) is 17.2. The molecule has 0 aromatic heterocycles. The minimum absolute atomic E-state index is 0.0679. The maximum absolute atomic E-state index is 13.3. The minimum Gasteiger partial charge on any atom is -0.404 e. The van der Waals surface area contributed by atoms with Crippen LogP contribution in [0.2, 0.25) is 0 Å². The summed E-state index contributed by atoms with van der Waals surface area (Å²) in [6.45, 7) is -0.0679. The molecule has 0 aliphatic heterocycles. The first-order chi connectivity index (χ1) is 10.8. The number of ether oxygens (including phenoxy) is 1. The third-order valence-corrected chi connectivity index (χ3v) is 3.24. The predicted octanol–water partition coefficient (Wildman–Crippen LogP) is 4.43. The second-order valence-corrected chi connectivity index (χ2v) is 5.18. The fourth-order valence-electron chi connectivity index (χ4n) is 1.58. The first-order valence-corrected chi connectivity index (χ1v) is 6.82. The third-order valence-electron chi connectivity index (χ3n) is 2.71. The highest BCUT2D eigenvalue weighted by Crippen LogP contribution is 2.29. The summed E-state index contributed by atoms with van der Waals surface area (Å²) in [5, 5.41) is 2.13. The summed E-state index contributed by atoms with van der Waals surface area (Å²) in [5.41, 5.74) is 0.627. The van der Waals surface area contributed by atoms with E-state index in [-0.39, 0.29) is 6.54 Å². The van der Waals surface area contributed by atoms with E-state index in [1.807, 2.05) is 0 Å². The number of rotatable bonds is 3. The molecule has 122 valence electrons. The molecule has 0 heterocycles. The van der Waals surface area contributed by atoms with Gasteiger partial charge in [-0.1, -0.05) is 28.1 Å². The van der Waals surface area contributed by atoms with Crippen LogP contribution in [0.5, 0.6) is 5.75 Å². The Kier molecular flexibility index (Phi) is 5.19. The number of hydrogen-bond donors (Lipinski definition) is 1. The largest absolute Gasteiger partial charge is 0.413 e. The van der Waals surface area contributed by atoms with E-state index in [2.05, 4.69) is 26.0 Å². The Labute approximate surface area is 135 Å². The molecule has 0 spiro atoms. The van der Waals surface area contributed by atoms with Gasteiger partial charge < -0.3 is 10.1 Å². The van der Waals surface area contributed by atoms with Gasteiger partial charge in [0, 0.05) is 11.0 Å². The van der Waals surface area contributed by atoms with Crippen LogP contribution < -0.4 is 10.1 Å². The van der Waals surface area contributed by atoms with Crippen molar-refractivity contribution < 1.29 is 31.5 Å². The van der Waals surface area contributed by atoms with Gasteiger partial charge in [-0.3, -0.25) is 0 Å². The fraction of sp³-hybridized carbons (Fsp3) is 0.0714. The second-order valence-electron chi connectivity index (χ2n) is 4.27. The minimum atomic E-state index is -2.33. The summed E-state index contributed by atoms with van der Waals surface area (Å²) >= 11 is 3.21. The zero-order valence-corrected chi connectivity index (χ0v) is 12.7. The van der Waals surface area contributed by atoms with Crippen LogP contribution in [-0.4, -0.2) is 6.09 Å². The molecule has 23 heavy (non-hydrogen) atoms. The summed E-state index contributed by atoms with van der Waals surface area (Å²) in [4.78, 5) is 11.5. The molecule has 0 fully saturated rings. The normalized spacial score (nSPS) is 10.5. The maximum Gasteiger partial charge on any atom is 0.413 e. The van der Waals surface area contributed by atoms with E-state index in [0.29, 0.717) is 5.56 Å². The van der Waals surface area contributed by atoms with Crippen molar-refractivity contribution in [1.29, 1.82) is 0 Å². The number of nitrogens with one attached hydrogen (secondary N) is 1. The van der Waals surface area contributed by atoms with Gasteiger partial charge in [-0.15, -0.1) is 0 Å². The molecule has 0 atom stereocenters. The molecule has 0 aliphatic rings. The summed E-state index contributed by atoms with van der Waals surface area (Å²) in [6, 6.07) is 6.66. The zero-order valence-electron chi connectivity index (χ0n) is 11.1. The molecule has 0 aliphatic carbocycles.